The number of carboxylic acid groups (broad SMARTS) is 1. The van der Waals surface area contributed by atoms with Gasteiger partial charge in [0, 0.05) is 13.0 Å². The van der Waals surface area contributed by atoms with E-state index in [-0.39, 0.29) is 18.4 Å². The number of carbonyl (C=O) groups is 2. The highest BCUT2D eigenvalue weighted by Gasteiger charge is 2.31. The molecule has 2 rings (SSSR count). The molecule has 0 aromatic heterocycles. The molecular weight excluding hydrogens is 470 g/mol. The number of carbonyl (C=O) groups excluding carboxylic acids is 1. The molecule has 1 aromatic carbocycles. The van der Waals surface area contributed by atoms with Crippen LogP contribution in [0.25, 0.3) is 6.08 Å². The Morgan fingerprint density at radius 2 is 1.88 bits per heavy atom. The van der Waals surface area contributed by atoms with Crippen LogP contribution in [0.3, 0.4) is 0 Å². The number of rotatable bonds is 16. The molecule has 1 heterocycles. The lowest BCUT2D eigenvalue weighted by Gasteiger charge is -2.17. The van der Waals surface area contributed by atoms with Crippen LogP contribution >= 0.6 is 24.0 Å². The van der Waals surface area contributed by atoms with Gasteiger partial charge in [0.05, 0.1) is 18.1 Å². The van der Waals surface area contributed by atoms with Gasteiger partial charge >= 0.3 is 5.97 Å². The number of hydrogen-bond donors (Lipinski definition) is 1. The molecule has 0 spiro atoms. The average Bonchev–Trinajstić information content (AvgIpc) is 3.06. The van der Waals surface area contributed by atoms with Gasteiger partial charge in [-0.2, -0.15) is 0 Å². The first kappa shape index (κ1) is 28.2. The topological polar surface area (TPSA) is 76.1 Å². The fourth-order valence-electron chi connectivity index (χ4n) is 3.75. The number of unbranched alkanes of at least 4 members (excludes halogenated alkanes) is 6. The van der Waals surface area contributed by atoms with Gasteiger partial charge in [0.15, 0.2) is 11.5 Å². The van der Waals surface area contributed by atoms with Crippen molar-refractivity contribution in [3.05, 3.63) is 28.7 Å². The van der Waals surface area contributed by atoms with Crippen LogP contribution in [0.4, 0.5) is 0 Å². The van der Waals surface area contributed by atoms with E-state index in [0.29, 0.717) is 33.7 Å². The summed E-state index contributed by atoms with van der Waals surface area (Å²) in [4.78, 5) is 25.6. The first-order valence-corrected chi connectivity index (χ1v) is 13.4. The van der Waals surface area contributed by atoms with Crippen LogP contribution in [0, 0.1) is 0 Å². The number of hydrogen-bond acceptors (Lipinski definition) is 6. The molecule has 1 atom stereocenters. The smallest absolute Gasteiger partial charge is 0.303 e. The summed E-state index contributed by atoms with van der Waals surface area (Å²) in [5, 5.41) is 8.73. The fourth-order valence-corrected chi connectivity index (χ4v) is 5.06. The average molecular weight is 508 g/mol. The number of carboxylic acids is 1. The summed E-state index contributed by atoms with van der Waals surface area (Å²) in [5.74, 6) is 0.441. The van der Waals surface area contributed by atoms with Crippen molar-refractivity contribution in [2.75, 3.05) is 13.7 Å². The van der Waals surface area contributed by atoms with Gasteiger partial charge in [-0.3, -0.25) is 14.5 Å². The number of benzene rings is 1. The molecule has 1 aliphatic rings. The van der Waals surface area contributed by atoms with Crippen LogP contribution in [0.5, 0.6) is 11.5 Å². The Morgan fingerprint density at radius 1 is 1.15 bits per heavy atom. The minimum atomic E-state index is -0.794. The molecule has 0 bridgehead atoms. The quantitative estimate of drug-likeness (QED) is 0.152. The van der Waals surface area contributed by atoms with E-state index >= 15 is 0 Å². The molecule has 0 saturated carbocycles. The zero-order chi connectivity index (χ0) is 24.9. The number of thioether (sulfide) groups is 1. The largest absolute Gasteiger partial charge is 0.493 e. The van der Waals surface area contributed by atoms with Gasteiger partial charge < -0.3 is 14.6 Å². The summed E-state index contributed by atoms with van der Waals surface area (Å²) in [7, 11) is 1.62. The highest BCUT2D eigenvalue weighted by molar-refractivity contribution is 8.26. The number of methoxy groups -OCH3 is 1. The summed E-state index contributed by atoms with van der Waals surface area (Å²) >= 11 is 6.68. The van der Waals surface area contributed by atoms with E-state index in [1.54, 1.807) is 12.0 Å². The van der Waals surface area contributed by atoms with Crippen molar-refractivity contribution in [3.63, 3.8) is 0 Å². The molecule has 188 valence electrons. The molecule has 6 nitrogen and oxygen atoms in total. The van der Waals surface area contributed by atoms with Gasteiger partial charge in [-0.1, -0.05) is 69.1 Å². The number of amides is 1. The van der Waals surface area contributed by atoms with Gasteiger partial charge in [0.1, 0.15) is 4.32 Å². The van der Waals surface area contributed by atoms with Crippen molar-refractivity contribution in [3.8, 4) is 11.5 Å². The fraction of sp³-hybridized carbons (Fsp3) is 0.577. The third kappa shape index (κ3) is 9.29. The Bertz CT molecular complexity index is 871. The maximum absolute atomic E-state index is 12.8. The summed E-state index contributed by atoms with van der Waals surface area (Å²) < 4.78 is 12.2. The van der Waals surface area contributed by atoms with Gasteiger partial charge in [-0.15, -0.1) is 0 Å². The highest BCUT2D eigenvalue weighted by Crippen LogP contribution is 2.35. The first-order valence-electron chi connectivity index (χ1n) is 12.2. The van der Waals surface area contributed by atoms with Crippen LogP contribution in [-0.2, 0) is 9.59 Å². The highest BCUT2D eigenvalue weighted by atomic mass is 32.2. The van der Waals surface area contributed by atoms with E-state index in [1.807, 2.05) is 24.3 Å². The number of aliphatic carboxylic acids is 1. The third-order valence-corrected chi connectivity index (χ3v) is 7.05. The second-order valence-electron chi connectivity index (χ2n) is 8.58. The standard InChI is InChI=1S/C26H37NO5S2/c1-4-5-6-7-9-12-19(2)32-21-15-14-20(17-22(21)31-3)18-23-25(30)27(26(33)34-23)16-11-8-10-13-24(28)29/h14-15,17-19H,4-13,16H2,1-3H3,(H,28,29)/b23-18-. The molecule has 1 aliphatic heterocycles. The van der Waals surface area contributed by atoms with Gasteiger partial charge in [0.2, 0.25) is 0 Å². The molecule has 1 saturated heterocycles. The molecule has 0 radical (unpaired) electrons. The Hall–Kier alpha value is -2.06. The van der Waals surface area contributed by atoms with Crippen molar-refractivity contribution in [1.29, 1.82) is 0 Å². The van der Waals surface area contributed by atoms with E-state index in [2.05, 4.69) is 13.8 Å². The van der Waals surface area contributed by atoms with Crippen LogP contribution < -0.4 is 9.47 Å². The van der Waals surface area contributed by atoms with Gasteiger partial charge in [-0.05, 0) is 56.4 Å². The van der Waals surface area contributed by atoms with E-state index in [1.165, 1.54) is 37.4 Å². The molecule has 1 N–H and O–H groups in total. The zero-order valence-electron chi connectivity index (χ0n) is 20.5. The molecule has 34 heavy (non-hydrogen) atoms. The predicted molar refractivity (Wildman–Crippen MR) is 142 cm³/mol. The minimum Gasteiger partial charge on any atom is -0.493 e. The number of nitrogens with zero attached hydrogens (tertiary/aromatic N) is 1. The molecule has 0 aliphatic carbocycles. The van der Waals surface area contributed by atoms with Crippen LogP contribution in [0.15, 0.2) is 23.1 Å². The van der Waals surface area contributed by atoms with Crippen molar-refractivity contribution >= 4 is 46.3 Å². The molecule has 1 fully saturated rings. The molecule has 1 unspecified atom stereocenters. The Kier molecular flexibility index (Phi) is 12.5. The summed E-state index contributed by atoms with van der Waals surface area (Å²) in [6.45, 7) is 4.81. The van der Waals surface area contributed by atoms with E-state index in [0.717, 1.165) is 31.2 Å². The molecular formula is C26H37NO5S2. The monoisotopic (exact) mass is 507 g/mol. The summed E-state index contributed by atoms with van der Waals surface area (Å²) in [6, 6.07) is 5.69. The Morgan fingerprint density at radius 3 is 2.59 bits per heavy atom. The van der Waals surface area contributed by atoms with Crippen LogP contribution in [0.1, 0.15) is 83.6 Å². The maximum atomic E-state index is 12.8. The van der Waals surface area contributed by atoms with Gasteiger partial charge in [-0.25, -0.2) is 0 Å². The first-order chi connectivity index (χ1) is 16.3. The van der Waals surface area contributed by atoms with Crippen molar-refractivity contribution < 1.29 is 24.2 Å². The number of ether oxygens (including phenoxy) is 2. The normalized spacial score (nSPS) is 15.7. The molecule has 1 amide bonds. The van der Waals surface area contributed by atoms with Gasteiger partial charge in [0.25, 0.3) is 5.91 Å². The van der Waals surface area contributed by atoms with Crippen molar-refractivity contribution in [2.45, 2.75) is 84.2 Å². The number of thiocarbonyl (C=S) groups is 1. The van der Waals surface area contributed by atoms with Crippen molar-refractivity contribution in [2.24, 2.45) is 0 Å². The third-order valence-electron chi connectivity index (χ3n) is 5.67. The van der Waals surface area contributed by atoms with Crippen molar-refractivity contribution in [1.82, 2.24) is 4.90 Å². The maximum Gasteiger partial charge on any atom is 0.303 e. The lowest BCUT2D eigenvalue weighted by molar-refractivity contribution is -0.137. The van der Waals surface area contributed by atoms with Crippen LogP contribution in [-0.4, -0.2) is 46.0 Å². The second-order valence-corrected chi connectivity index (χ2v) is 10.3. The lowest BCUT2D eigenvalue weighted by atomic mass is 10.1. The van der Waals surface area contributed by atoms with E-state index in [4.69, 9.17) is 26.8 Å². The molecule has 8 heteroatoms. The second kappa shape index (κ2) is 15.0. The predicted octanol–water partition coefficient (Wildman–Crippen LogP) is 6.67. The zero-order valence-corrected chi connectivity index (χ0v) is 22.1. The lowest BCUT2D eigenvalue weighted by Crippen LogP contribution is -2.29. The SMILES string of the molecule is CCCCCCCC(C)Oc1ccc(/C=C2\SC(=S)N(CCCCCC(=O)O)C2=O)cc1OC. The molecule has 1 aromatic rings. The Balaban J connectivity index is 1.94. The Labute approximate surface area is 213 Å². The summed E-state index contributed by atoms with van der Waals surface area (Å²) in [5.41, 5.74) is 0.846. The summed E-state index contributed by atoms with van der Waals surface area (Å²) in [6.07, 6.45) is 11.4. The van der Waals surface area contributed by atoms with E-state index < -0.39 is 5.97 Å². The van der Waals surface area contributed by atoms with E-state index in [9.17, 15) is 9.59 Å². The minimum absolute atomic E-state index is 0.105. The van der Waals surface area contributed by atoms with Crippen LogP contribution in [0.2, 0.25) is 0 Å².